The van der Waals surface area contributed by atoms with E-state index in [1.165, 1.54) is 0 Å². The molecule has 0 aliphatic rings. The molecule has 0 bridgehead atoms. The predicted molar refractivity (Wildman–Crippen MR) is 56.6 cm³/mol. The number of amides is 1. The third-order valence-corrected chi connectivity index (χ3v) is 1.88. The van der Waals surface area contributed by atoms with Gasteiger partial charge in [0, 0.05) is 9.26 Å². The van der Waals surface area contributed by atoms with Crippen LogP contribution in [0.15, 0.2) is 24.3 Å². The maximum Gasteiger partial charge on any atom is 0.300 e. The molecule has 1 amide bonds. The van der Waals surface area contributed by atoms with E-state index >= 15 is 0 Å². The minimum Gasteiger partial charge on any atom is -0.315 e. The van der Waals surface area contributed by atoms with Crippen molar-refractivity contribution in [3.63, 3.8) is 0 Å². The molecule has 2 nitrogen and oxygen atoms in total. The van der Waals surface area contributed by atoms with Gasteiger partial charge in [-0.15, -0.1) is 6.42 Å². The quantitative estimate of drug-likeness (QED) is 0.613. The van der Waals surface area contributed by atoms with E-state index in [9.17, 15) is 4.79 Å². The first-order chi connectivity index (χ1) is 5.72. The maximum atomic E-state index is 10.7. The van der Waals surface area contributed by atoms with E-state index in [0.717, 1.165) is 9.26 Å². The second-order valence-corrected chi connectivity index (χ2v) is 3.35. The number of rotatable bonds is 1. The number of anilines is 1. The van der Waals surface area contributed by atoms with Gasteiger partial charge in [0.05, 0.1) is 0 Å². The molecule has 0 radical (unpaired) electrons. The first-order valence-electron chi connectivity index (χ1n) is 3.25. The summed E-state index contributed by atoms with van der Waals surface area (Å²) in [6.07, 6.45) is 4.89. The summed E-state index contributed by atoms with van der Waals surface area (Å²) in [5.41, 5.74) is 0.727. The Bertz CT molecular complexity index is 341. The van der Waals surface area contributed by atoms with Crippen LogP contribution in [0.3, 0.4) is 0 Å². The van der Waals surface area contributed by atoms with Gasteiger partial charge in [0.25, 0.3) is 5.91 Å². The fraction of sp³-hybridized carbons (Fsp3) is 0. The van der Waals surface area contributed by atoms with Crippen LogP contribution in [0.1, 0.15) is 0 Å². The standard InChI is InChI=1S/C9H6INO/c1-2-9(12)11-8-5-3-4-7(10)6-8/h1,3-6H,(H,11,12). The van der Waals surface area contributed by atoms with E-state index in [2.05, 4.69) is 27.9 Å². The number of hydrogen-bond acceptors (Lipinski definition) is 1. The fourth-order valence-electron chi connectivity index (χ4n) is 0.733. The fourth-order valence-corrected chi connectivity index (χ4v) is 1.28. The molecule has 1 N–H and O–H groups in total. The first kappa shape index (κ1) is 9.07. The minimum absolute atomic E-state index is 0.419. The summed E-state index contributed by atoms with van der Waals surface area (Å²) in [6.45, 7) is 0. The summed E-state index contributed by atoms with van der Waals surface area (Å²) in [4.78, 5) is 10.7. The summed E-state index contributed by atoms with van der Waals surface area (Å²) >= 11 is 2.16. The van der Waals surface area contributed by atoms with Crippen LogP contribution < -0.4 is 5.32 Å². The Morgan fingerprint density at radius 1 is 1.58 bits per heavy atom. The van der Waals surface area contributed by atoms with Crippen LogP contribution in [0, 0.1) is 15.9 Å². The Labute approximate surface area is 84.5 Å². The summed E-state index contributed by atoms with van der Waals surface area (Å²) in [6, 6.07) is 7.42. The molecular weight excluding hydrogens is 265 g/mol. The maximum absolute atomic E-state index is 10.7. The van der Waals surface area contributed by atoms with Gasteiger partial charge in [-0.05, 0) is 46.7 Å². The lowest BCUT2D eigenvalue weighted by Gasteiger charge is -1.99. The molecule has 0 saturated heterocycles. The minimum atomic E-state index is -0.419. The van der Waals surface area contributed by atoms with Crippen molar-refractivity contribution in [3.05, 3.63) is 27.8 Å². The molecule has 0 unspecified atom stereocenters. The molecule has 0 saturated carbocycles. The van der Waals surface area contributed by atoms with Crippen LogP contribution in [0.4, 0.5) is 5.69 Å². The predicted octanol–water partition coefficient (Wildman–Crippen LogP) is 1.86. The van der Waals surface area contributed by atoms with Crippen molar-refractivity contribution < 1.29 is 4.79 Å². The smallest absolute Gasteiger partial charge is 0.300 e. The third-order valence-electron chi connectivity index (χ3n) is 1.21. The van der Waals surface area contributed by atoms with E-state index in [0.29, 0.717) is 0 Å². The SMILES string of the molecule is C#CC(=O)Nc1cccc(I)c1. The van der Waals surface area contributed by atoms with Crippen molar-refractivity contribution in [2.75, 3.05) is 5.32 Å². The van der Waals surface area contributed by atoms with Crippen LogP contribution in [0.5, 0.6) is 0 Å². The number of benzene rings is 1. The molecule has 0 spiro atoms. The lowest BCUT2D eigenvalue weighted by Crippen LogP contribution is -2.07. The summed E-state index contributed by atoms with van der Waals surface area (Å²) in [5, 5.41) is 2.55. The molecule has 0 aromatic heterocycles. The lowest BCUT2D eigenvalue weighted by molar-refractivity contribution is -0.111. The third kappa shape index (κ3) is 2.55. The molecule has 0 heterocycles. The zero-order chi connectivity index (χ0) is 8.97. The van der Waals surface area contributed by atoms with Gasteiger partial charge >= 0.3 is 0 Å². The molecular formula is C9H6INO. The average Bonchev–Trinajstić information content (AvgIpc) is 2.04. The number of carbonyl (C=O) groups is 1. The Morgan fingerprint density at radius 2 is 2.33 bits per heavy atom. The summed E-state index contributed by atoms with van der Waals surface area (Å²) < 4.78 is 1.06. The van der Waals surface area contributed by atoms with Crippen molar-refractivity contribution in [2.24, 2.45) is 0 Å². The molecule has 12 heavy (non-hydrogen) atoms. The van der Waals surface area contributed by atoms with Crippen LogP contribution in [0.2, 0.25) is 0 Å². The van der Waals surface area contributed by atoms with Gasteiger partial charge < -0.3 is 5.32 Å². The van der Waals surface area contributed by atoms with Gasteiger partial charge in [-0.3, -0.25) is 4.79 Å². The molecule has 0 aliphatic heterocycles. The Hall–Kier alpha value is -1.02. The largest absolute Gasteiger partial charge is 0.315 e. The number of terminal acetylenes is 1. The van der Waals surface area contributed by atoms with Gasteiger partial charge in [0.15, 0.2) is 0 Å². The number of halogens is 1. The second-order valence-electron chi connectivity index (χ2n) is 2.11. The summed E-state index contributed by atoms with van der Waals surface area (Å²) in [7, 11) is 0. The van der Waals surface area contributed by atoms with Crippen LogP contribution in [-0.4, -0.2) is 5.91 Å². The molecule has 0 fully saturated rings. The van der Waals surface area contributed by atoms with E-state index in [-0.39, 0.29) is 0 Å². The normalized spacial score (nSPS) is 8.67. The van der Waals surface area contributed by atoms with Crippen molar-refractivity contribution >= 4 is 34.2 Å². The number of carbonyl (C=O) groups excluding carboxylic acids is 1. The Morgan fingerprint density at radius 3 is 2.92 bits per heavy atom. The van der Waals surface area contributed by atoms with Crippen molar-refractivity contribution in [1.82, 2.24) is 0 Å². The van der Waals surface area contributed by atoms with Gasteiger partial charge in [-0.2, -0.15) is 0 Å². The number of nitrogens with one attached hydrogen (secondary N) is 1. The molecule has 0 aliphatic carbocycles. The molecule has 1 rings (SSSR count). The van der Waals surface area contributed by atoms with E-state index in [1.54, 1.807) is 6.07 Å². The Kier molecular flexibility index (Phi) is 3.11. The van der Waals surface area contributed by atoms with Crippen molar-refractivity contribution in [1.29, 1.82) is 0 Å². The highest BCUT2D eigenvalue weighted by atomic mass is 127. The van der Waals surface area contributed by atoms with Gasteiger partial charge in [-0.25, -0.2) is 0 Å². The second kappa shape index (κ2) is 4.12. The van der Waals surface area contributed by atoms with Gasteiger partial charge in [-0.1, -0.05) is 6.07 Å². The van der Waals surface area contributed by atoms with Crippen LogP contribution in [-0.2, 0) is 4.79 Å². The summed E-state index contributed by atoms with van der Waals surface area (Å²) in [5.74, 6) is 1.56. The highest BCUT2D eigenvalue weighted by Gasteiger charge is 1.96. The molecule has 1 aromatic carbocycles. The van der Waals surface area contributed by atoms with E-state index in [4.69, 9.17) is 6.42 Å². The van der Waals surface area contributed by atoms with E-state index < -0.39 is 5.91 Å². The topological polar surface area (TPSA) is 29.1 Å². The average molecular weight is 271 g/mol. The highest BCUT2D eigenvalue weighted by molar-refractivity contribution is 14.1. The van der Waals surface area contributed by atoms with Crippen LogP contribution in [0.25, 0.3) is 0 Å². The van der Waals surface area contributed by atoms with Crippen molar-refractivity contribution in [2.45, 2.75) is 0 Å². The lowest BCUT2D eigenvalue weighted by atomic mass is 10.3. The van der Waals surface area contributed by atoms with Gasteiger partial charge in [0.2, 0.25) is 0 Å². The monoisotopic (exact) mass is 271 g/mol. The Balaban J connectivity index is 2.78. The zero-order valence-electron chi connectivity index (χ0n) is 6.17. The van der Waals surface area contributed by atoms with E-state index in [1.807, 2.05) is 24.1 Å². The zero-order valence-corrected chi connectivity index (χ0v) is 8.33. The molecule has 60 valence electrons. The first-order valence-corrected chi connectivity index (χ1v) is 4.33. The molecule has 0 atom stereocenters. The van der Waals surface area contributed by atoms with Crippen LogP contribution >= 0.6 is 22.6 Å². The highest BCUT2D eigenvalue weighted by Crippen LogP contribution is 2.11. The number of hydrogen-bond donors (Lipinski definition) is 1. The molecule has 1 aromatic rings. The van der Waals surface area contributed by atoms with Gasteiger partial charge in [0.1, 0.15) is 0 Å². The molecule has 3 heteroatoms. The van der Waals surface area contributed by atoms with Crippen molar-refractivity contribution in [3.8, 4) is 12.3 Å².